The Labute approximate surface area is 128 Å². The van der Waals surface area contributed by atoms with Crippen LogP contribution in [0, 0.1) is 0 Å². The largest absolute Gasteiger partial charge is 0.355 e. The molecule has 2 nitrogen and oxygen atoms in total. The van der Waals surface area contributed by atoms with Crippen LogP contribution in [-0.2, 0) is 9.47 Å². The molecule has 0 spiro atoms. The van der Waals surface area contributed by atoms with Gasteiger partial charge in [-0.15, -0.1) is 0 Å². The van der Waals surface area contributed by atoms with Gasteiger partial charge in [0, 0.05) is 6.61 Å². The van der Waals surface area contributed by atoms with Crippen LogP contribution in [0.5, 0.6) is 0 Å². The van der Waals surface area contributed by atoms with Crippen molar-refractivity contribution < 1.29 is 9.47 Å². The Kier molecular flexibility index (Phi) is 3.21. The molecule has 0 N–H and O–H groups in total. The van der Waals surface area contributed by atoms with Crippen molar-refractivity contribution in [3.8, 4) is 0 Å². The lowest BCUT2D eigenvalue weighted by Gasteiger charge is -2.37. The number of hydrogen-bond donors (Lipinski definition) is 0. The predicted molar refractivity (Wildman–Crippen MR) is 89.3 cm³/mol. The molecular formula is C18H20O2Si. The maximum absolute atomic E-state index is 6.42. The average Bonchev–Trinajstić information content (AvgIpc) is 2.51. The minimum Gasteiger partial charge on any atom is -0.355 e. The van der Waals surface area contributed by atoms with Crippen LogP contribution in [0.25, 0.3) is 16.8 Å². The van der Waals surface area contributed by atoms with Gasteiger partial charge >= 0.3 is 0 Å². The fourth-order valence-electron chi connectivity index (χ4n) is 3.44. The van der Waals surface area contributed by atoms with E-state index in [9.17, 15) is 0 Å². The first-order valence-corrected chi connectivity index (χ1v) is 8.77. The minimum atomic E-state index is -0.318. The summed E-state index contributed by atoms with van der Waals surface area (Å²) in [5, 5.41) is 2.61. The summed E-state index contributed by atoms with van der Waals surface area (Å²) in [6, 6.07) is 12.9. The van der Waals surface area contributed by atoms with Crippen molar-refractivity contribution in [1.29, 1.82) is 0 Å². The summed E-state index contributed by atoms with van der Waals surface area (Å²) in [4.78, 5) is 0. The molecule has 1 saturated heterocycles. The highest BCUT2D eigenvalue weighted by molar-refractivity contribution is 6.13. The molecule has 2 aromatic carbocycles. The van der Waals surface area contributed by atoms with E-state index in [1.165, 1.54) is 28.3 Å². The van der Waals surface area contributed by atoms with Gasteiger partial charge in [0.2, 0.25) is 0 Å². The summed E-state index contributed by atoms with van der Waals surface area (Å²) in [6.07, 6.45) is 7.77. The first kappa shape index (κ1) is 13.3. The number of rotatable bonds is 2. The molecule has 2 unspecified atom stereocenters. The highest BCUT2D eigenvalue weighted by Gasteiger charge is 2.32. The van der Waals surface area contributed by atoms with Crippen LogP contribution in [0.4, 0.5) is 0 Å². The molecule has 1 heterocycles. The van der Waals surface area contributed by atoms with Crippen molar-refractivity contribution >= 4 is 27.1 Å². The van der Waals surface area contributed by atoms with E-state index in [0.29, 0.717) is 0 Å². The first-order chi connectivity index (χ1) is 10.3. The molecule has 3 heteroatoms. The number of benzene rings is 2. The molecule has 2 aliphatic rings. The maximum Gasteiger partial charge on any atom is 0.142 e. The third-order valence-electron chi connectivity index (χ3n) is 4.54. The Hall–Kier alpha value is -1.42. The van der Waals surface area contributed by atoms with Crippen molar-refractivity contribution in [3.05, 3.63) is 53.6 Å². The molecule has 108 valence electrons. The minimum absolute atomic E-state index is 0.0131. The number of ether oxygens (including phenoxy) is 2. The zero-order chi connectivity index (χ0) is 14.3. The Balaban J connectivity index is 1.73. The highest BCUT2D eigenvalue weighted by Crippen LogP contribution is 2.38. The summed E-state index contributed by atoms with van der Waals surface area (Å²) < 4.78 is 12.4. The predicted octanol–water partition coefficient (Wildman–Crippen LogP) is 3.14. The Morgan fingerprint density at radius 1 is 1.14 bits per heavy atom. The van der Waals surface area contributed by atoms with E-state index in [1.807, 2.05) is 0 Å². The van der Waals surface area contributed by atoms with Gasteiger partial charge < -0.3 is 9.47 Å². The molecule has 1 fully saturated rings. The van der Waals surface area contributed by atoms with Gasteiger partial charge in [0.05, 0.1) is 10.2 Å². The van der Waals surface area contributed by atoms with Gasteiger partial charge in [-0.25, -0.2) is 0 Å². The quantitative estimate of drug-likeness (QED) is 0.793. The standard InChI is InChI=1S/C18H20O2Si/c21-18(11-1-2-12-19-18)20-16-10-9-14-6-3-5-13-7-4-8-15(16)17(13)14/h3-10,16H,1-2,11-12H2,21H3. The molecule has 1 aliphatic carbocycles. The molecule has 0 bridgehead atoms. The molecule has 2 atom stereocenters. The monoisotopic (exact) mass is 296 g/mol. The zero-order valence-electron chi connectivity index (χ0n) is 12.3. The van der Waals surface area contributed by atoms with Crippen molar-refractivity contribution in [2.24, 2.45) is 0 Å². The smallest absolute Gasteiger partial charge is 0.142 e. The van der Waals surface area contributed by atoms with Gasteiger partial charge in [-0.3, -0.25) is 0 Å². The molecule has 0 radical (unpaired) electrons. The molecule has 4 rings (SSSR count). The molecule has 2 aromatic rings. The fraction of sp³-hybridized carbons (Fsp3) is 0.333. The second-order valence-corrected chi connectivity index (χ2v) is 7.65. The van der Waals surface area contributed by atoms with E-state index < -0.39 is 0 Å². The summed E-state index contributed by atoms with van der Waals surface area (Å²) >= 11 is 0. The summed E-state index contributed by atoms with van der Waals surface area (Å²) in [6.45, 7) is 0.834. The van der Waals surface area contributed by atoms with Crippen molar-refractivity contribution in [1.82, 2.24) is 0 Å². The third kappa shape index (κ3) is 2.35. The van der Waals surface area contributed by atoms with Crippen molar-refractivity contribution in [3.63, 3.8) is 0 Å². The first-order valence-electron chi connectivity index (χ1n) is 7.77. The molecule has 0 aromatic heterocycles. The maximum atomic E-state index is 6.42. The van der Waals surface area contributed by atoms with Gasteiger partial charge in [0.15, 0.2) is 0 Å². The zero-order valence-corrected chi connectivity index (χ0v) is 14.3. The van der Waals surface area contributed by atoms with Crippen LogP contribution < -0.4 is 0 Å². The second-order valence-electron chi connectivity index (χ2n) is 6.13. The van der Waals surface area contributed by atoms with Crippen LogP contribution in [0.1, 0.15) is 36.5 Å². The second kappa shape index (κ2) is 5.09. The SMILES string of the molecule is [SiH3]C1(OC2C=Cc3cccc4cccc2c34)CCCCO1. The Bertz CT molecular complexity index is 696. The van der Waals surface area contributed by atoms with E-state index in [2.05, 4.69) is 48.6 Å². The number of hydrogen-bond acceptors (Lipinski definition) is 2. The van der Waals surface area contributed by atoms with Crippen LogP contribution in [0.15, 0.2) is 42.5 Å². The van der Waals surface area contributed by atoms with Gasteiger partial charge in [-0.2, -0.15) is 0 Å². The molecule has 0 saturated carbocycles. The van der Waals surface area contributed by atoms with Crippen LogP contribution in [-0.4, -0.2) is 22.3 Å². The molecular weight excluding hydrogens is 276 g/mol. The van der Waals surface area contributed by atoms with E-state index >= 15 is 0 Å². The Morgan fingerprint density at radius 2 is 2.00 bits per heavy atom. The Morgan fingerprint density at radius 3 is 2.81 bits per heavy atom. The lowest BCUT2D eigenvalue weighted by atomic mass is 9.91. The van der Waals surface area contributed by atoms with Crippen molar-refractivity contribution in [2.75, 3.05) is 6.61 Å². The molecule has 1 aliphatic heterocycles. The van der Waals surface area contributed by atoms with Gasteiger partial charge in [-0.1, -0.05) is 48.6 Å². The fourth-order valence-corrected chi connectivity index (χ4v) is 4.25. The van der Waals surface area contributed by atoms with E-state index in [4.69, 9.17) is 9.47 Å². The summed E-state index contributed by atoms with van der Waals surface area (Å²) in [5.41, 5.74) is 2.24. The van der Waals surface area contributed by atoms with Gasteiger partial charge in [0.1, 0.15) is 11.5 Å². The van der Waals surface area contributed by atoms with E-state index in [1.54, 1.807) is 0 Å². The van der Waals surface area contributed by atoms with Crippen LogP contribution in [0.2, 0.25) is 0 Å². The molecule has 21 heavy (non-hydrogen) atoms. The van der Waals surface area contributed by atoms with Crippen LogP contribution >= 0.6 is 0 Å². The van der Waals surface area contributed by atoms with Crippen molar-refractivity contribution in [2.45, 2.75) is 30.8 Å². The topological polar surface area (TPSA) is 18.5 Å². The van der Waals surface area contributed by atoms with E-state index in [0.717, 1.165) is 29.7 Å². The average molecular weight is 296 g/mol. The third-order valence-corrected chi connectivity index (χ3v) is 5.56. The highest BCUT2D eigenvalue weighted by atomic mass is 28.1. The summed E-state index contributed by atoms with van der Waals surface area (Å²) in [5.74, 6) is 0. The van der Waals surface area contributed by atoms with E-state index in [-0.39, 0.29) is 11.5 Å². The molecule has 0 amide bonds. The lowest BCUT2D eigenvalue weighted by molar-refractivity contribution is -0.214. The normalized spacial score (nSPS) is 28.1. The summed E-state index contributed by atoms with van der Waals surface area (Å²) in [7, 11) is 0.906. The van der Waals surface area contributed by atoms with Gasteiger partial charge in [-0.05, 0) is 41.2 Å². The van der Waals surface area contributed by atoms with Crippen LogP contribution in [0.3, 0.4) is 0 Å². The van der Waals surface area contributed by atoms with Gasteiger partial charge in [0.25, 0.3) is 0 Å². The lowest BCUT2D eigenvalue weighted by Crippen LogP contribution is -2.40.